The van der Waals surface area contributed by atoms with Gasteiger partial charge < -0.3 is 10.6 Å². The summed E-state index contributed by atoms with van der Waals surface area (Å²) in [7, 11) is -3.67. The number of benzene rings is 2. The van der Waals surface area contributed by atoms with Crippen molar-refractivity contribution in [3.8, 4) is 0 Å². The van der Waals surface area contributed by atoms with Crippen molar-refractivity contribution >= 4 is 33.0 Å². The van der Waals surface area contributed by atoms with Crippen molar-refractivity contribution < 1.29 is 18.0 Å². The molecule has 1 aliphatic rings. The van der Waals surface area contributed by atoms with Crippen molar-refractivity contribution in [2.45, 2.75) is 30.1 Å². The van der Waals surface area contributed by atoms with Crippen molar-refractivity contribution in [2.24, 2.45) is 0 Å². The Labute approximate surface area is 139 Å². The van der Waals surface area contributed by atoms with Crippen LogP contribution in [0.2, 0.25) is 0 Å². The van der Waals surface area contributed by atoms with Gasteiger partial charge in [-0.1, -0.05) is 18.2 Å². The molecule has 6 nitrogen and oxygen atoms in total. The molecule has 124 valence electrons. The van der Waals surface area contributed by atoms with Gasteiger partial charge >= 0.3 is 0 Å². The molecule has 0 radical (unpaired) electrons. The zero-order valence-electron chi connectivity index (χ0n) is 13.2. The Bertz CT molecular complexity index is 965. The minimum atomic E-state index is -3.67. The number of amides is 2. The lowest BCUT2D eigenvalue weighted by Crippen LogP contribution is -2.18. The maximum absolute atomic E-state index is 12.9. The fourth-order valence-electron chi connectivity index (χ4n) is 2.83. The molecule has 1 aliphatic heterocycles. The normalized spacial score (nSPS) is 14.2. The van der Waals surface area contributed by atoms with Crippen LogP contribution in [0.3, 0.4) is 0 Å². The Morgan fingerprint density at radius 1 is 0.875 bits per heavy atom. The quantitative estimate of drug-likeness (QED) is 0.746. The standard InChI is InChI=1S/C17H16N2O4S/c1-10(20)18-14-8-13-7-12-5-3-4-6-16(12)24(22,23)17(13)9-15(14)19-11(2)21/h3-6,8-9H,7H2,1-2H3,(H,18,20)(H,19,21). The van der Waals surface area contributed by atoms with Crippen LogP contribution in [-0.2, 0) is 25.8 Å². The van der Waals surface area contributed by atoms with E-state index in [1.165, 1.54) is 19.9 Å². The van der Waals surface area contributed by atoms with Crippen LogP contribution in [-0.4, -0.2) is 20.2 Å². The van der Waals surface area contributed by atoms with Crippen LogP contribution in [0.25, 0.3) is 0 Å². The minimum absolute atomic E-state index is 0.152. The van der Waals surface area contributed by atoms with E-state index in [2.05, 4.69) is 10.6 Å². The molecular formula is C17H16N2O4S. The molecule has 2 N–H and O–H groups in total. The van der Waals surface area contributed by atoms with E-state index in [4.69, 9.17) is 0 Å². The van der Waals surface area contributed by atoms with E-state index < -0.39 is 9.84 Å². The van der Waals surface area contributed by atoms with Gasteiger partial charge in [0.05, 0.1) is 21.2 Å². The van der Waals surface area contributed by atoms with E-state index in [9.17, 15) is 18.0 Å². The molecule has 0 aromatic heterocycles. The third-order valence-electron chi connectivity index (χ3n) is 3.75. The van der Waals surface area contributed by atoms with Crippen LogP contribution in [0.15, 0.2) is 46.2 Å². The average Bonchev–Trinajstić information content (AvgIpc) is 2.48. The summed E-state index contributed by atoms with van der Waals surface area (Å²) >= 11 is 0. The fraction of sp³-hybridized carbons (Fsp3) is 0.176. The number of sulfone groups is 1. The number of carbonyl (C=O) groups excluding carboxylic acids is 2. The summed E-state index contributed by atoms with van der Waals surface area (Å²) in [6.45, 7) is 2.67. The molecule has 0 bridgehead atoms. The SMILES string of the molecule is CC(=O)Nc1cc2c(cc1NC(C)=O)S(=O)(=O)c1ccccc1C2. The second kappa shape index (κ2) is 5.76. The molecule has 0 saturated carbocycles. The molecule has 0 aliphatic carbocycles. The molecule has 0 spiro atoms. The monoisotopic (exact) mass is 344 g/mol. The van der Waals surface area contributed by atoms with Crippen molar-refractivity contribution in [1.82, 2.24) is 0 Å². The lowest BCUT2D eigenvalue weighted by molar-refractivity contribution is -0.115. The van der Waals surface area contributed by atoms with Gasteiger partial charge in [0.1, 0.15) is 0 Å². The van der Waals surface area contributed by atoms with Gasteiger partial charge in [-0.25, -0.2) is 8.42 Å². The van der Waals surface area contributed by atoms with E-state index in [1.54, 1.807) is 30.3 Å². The molecule has 2 amide bonds. The van der Waals surface area contributed by atoms with E-state index in [-0.39, 0.29) is 27.3 Å². The second-order valence-corrected chi connectivity index (χ2v) is 7.54. The molecule has 2 aromatic rings. The molecule has 1 heterocycles. The molecule has 0 fully saturated rings. The number of nitrogens with one attached hydrogen (secondary N) is 2. The first kappa shape index (κ1) is 16.2. The zero-order chi connectivity index (χ0) is 17.5. The Balaban J connectivity index is 2.22. The van der Waals surface area contributed by atoms with E-state index >= 15 is 0 Å². The maximum atomic E-state index is 12.9. The van der Waals surface area contributed by atoms with Gasteiger partial charge in [0, 0.05) is 20.3 Å². The Kier molecular flexibility index (Phi) is 3.88. The van der Waals surface area contributed by atoms with Crippen molar-refractivity contribution in [3.63, 3.8) is 0 Å². The van der Waals surface area contributed by atoms with Crippen molar-refractivity contribution in [3.05, 3.63) is 47.5 Å². The summed E-state index contributed by atoms with van der Waals surface area (Å²) < 4.78 is 25.7. The Hall–Kier alpha value is -2.67. The number of carbonyl (C=O) groups is 2. The lowest BCUT2D eigenvalue weighted by Gasteiger charge is -2.22. The number of hydrogen-bond donors (Lipinski definition) is 2. The predicted molar refractivity (Wildman–Crippen MR) is 89.7 cm³/mol. The Morgan fingerprint density at radius 3 is 2.08 bits per heavy atom. The highest BCUT2D eigenvalue weighted by Crippen LogP contribution is 2.38. The van der Waals surface area contributed by atoms with Crippen LogP contribution in [0.1, 0.15) is 25.0 Å². The van der Waals surface area contributed by atoms with E-state index in [0.717, 1.165) is 0 Å². The van der Waals surface area contributed by atoms with Crippen LogP contribution >= 0.6 is 0 Å². The van der Waals surface area contributed by atoms with Gasteiger partial charge in [0.15, 0.2) is 0 Å². The van der Waals surface area contributed by atoms with Crippen LogP contribution in [0, 0.1) is 0 Å². The number of rotatable bonds is 2. The van der Waals surface area contributed by atoms with Gasteiger partial charge in [0.25, 0.3) is 0 Å². The van der Waals surface area contributed by atoms with E-state index in [0.29, 0.717) is 23.2 Å². The molecule has 2 aromatic carbocycles. The molecule has 7 heteroatoms. The summed E-state index contributed by atoms with van der Waals surface area (Å²) in [6, 6.07) is 9.84. The van der Waals surface area contributed by atoms with E-state index in [1.807, 2.05) is 0 Å². The fourth-order valence-corrected chi connectivity index (χ4v) is 4.56. The van der Waals surface area contributed by atoms with Gasteiger partial charge in [-0.3, -0.25) is 9.59 Å². The van der Waals surface area contributed by atoms with Crippen molar-refractivity contribution in [1.29, 1.82) is 0 Å². The van der Waals surface area contributed by atoms with Crippen LogP contribution < -0.4 is 10.6 Å². The summed E-state index contributed by atoms with van der Waals surface area (Å²) in [6.07, 6.45) is 0.442. The maximum Gasteiger partial charge on any atom is 0.221 e. The lowest BCUT2D eigenvalue weighted by atomic mass is 10.0. The van der Waals surface area contributed by atoms with Gasteiger partial charge in [-0.15, -0.1) is 0 Å². The van der Waals surface area contributed by atoms with Crippen molar-refractivity contribution in [2.75, 3.05) is 10.6 Å². The average molecular weight is 344 g/mol. The highest BCUT2D eigenvalue weighted by molar-refractivity contribution is 7.91. The number of anilines is 2. The summed E-state index contributed by atoms with van der Waals surface area (Å²) in [5.41, 5.74) is 1.95. The van der Waals surface area contributed by atoms with Gasteiger partial charge in [-0.05, 0) is 29.3 Å². The van der Waals surface area contributed by atoms with Gasteiger partial charge in [0.2, 0.25) is 21.7 Å². The Morgan fingerprint density at radius 2 is 1.46 bits per heavy atom. The molecule has 3 rings (SSSR count). The number of fused-ring (bicyclic) bond motifs is 2. The first-order chi connectivity index (χ1) is 11.3. The summed E-state index contributed by atoms with van der Waals surface area (Å²) in [5, 5.41) is 5.20. The minimum Gasteiger partial charge on any atom is -0.325 e. The first-order valence-electron chi connectivity index (χ1n) is 7.34. The van der Waals surface area contributed by atoms with Gasteiger partial charge in [-0.2, -0.15) is 0 Å². The highest BCUT2D eigenvalue weighted by Gasteiger charge is 2.30. The molecule has 0 unspecified atom stereocenters. The van der Waals surface area contributed by atoms with Crippen LogP contribution in [0.4, 0.5) is 11.4 Å². The summed E-state index contributed by atoms with van der Waals surface area (Å²) in [5.74, 6) is -0.657. The first-order valence-corrected chi connectivity index (χ1v) is 8.82. The van der Waals surface area contributed by atoms with Crippen LogP contribution in [0.5, 0.6) is 0 Å². The zero-order valence-corrected chi connectivity index (χ0v) is 14.0. The molecular weight excluding hydrogens is 328 g/mol. The topological polar surface area (TPSA) is 92.3 Å². The summed E-state index contributed by atoms with van der Waals surface area (Å²) in [4.78, 5) is 23.2. The third-order valence-corrected chi connectivity index (χ3v) is 5.69. The third kappa shape index (κ3) is 2.78. The molecule has 24 heavy (non-hydrogen) atoms. The smallest absolute Gasteiger partial charge is 0.221 e. The molecule has 0 atom stereocenters. The largest absolute Gasteiger partial charge is 0.325 e. The molecule has 0 saturated heterocycles. The second-order valence-electron chi connectivity index (χ2n) is 5.66. The highest BCUT2D eigenvalue weighted by atomic mass is 32.2. The number of hydrogen-bond acceptors (Lipinski definition) is 4. The predicted octanol–water partition coefficient (Wildman–Crippen LogP) is 2.34.